The average molecular weight is 315 g/mol. The van der Waals surface area contributed by atoms with Gasteiger partial charge in [0.05, 0.1) is 6.04 Å². The molecule has 0 radical (unpaired) electrons. The van der Waals surface area contributed by atoms with Crippen LogP contribution in [-0.2, 0) is 0 Å². The maximum atomic E-state index is 5.94. The van der Waals surface area contributed by atoms with E-state index in [9.17, 15) is 0 Å². The lowest BCUT2D eigenvalue weighted by Gasteiger charge is -2.26. The van der Waals surface area contributed by atoms with E-state index in [1.165, 1.54) is 11.1 Å². The first-order chi connectivity index (χ1) is 10.1. The molecule has 0 spiro atoms. The maximum Gasteiger partial charge on any atom is 0.171 e. The summed E-state index contributed by atoms with van der Waals surface area (Å²) in [4.78, 5) is 0. The number of benzene rings is 2. The zero-order valence-electron chi connectivity index (χ0n) is 11.6. The average Bonchev–Trinajstić information content (AvgIpc) is 2.48. The standard InChI is InChI=1S/C17H15ClN2S/c1-11-2-4-12(5-3-11)15-10-16(20-17(21)19-15)13-6-8-14(18)9-7-13/h2-10,15H,1H3,(H2,19,20,21). The highest BCUT2D eigenvalue weighted by Crippen LogP contribution is 2.24. The molecule has 2 aromatic carbocycles. The molecular weight excluding hydrogens is 300 g/mol. The van der Waals surface area contributed by atoms with Crippen molar-refractivity contribution in [1.82, 2.24) is 10.6 Å². The van der Waals surface area contributed by atoms with Crippen molar-refractivity contribution in [3.63, 3.8) is 0 Å². The molecule has 2 nitrogen and oxygen atoms in total. The Kier molecular flexibility index (Phi) is 3.95. The van der Waals surface area contributed by atoms with Crippen LogP contribution in [0.4, 0.5) is 0 Å². The number of halogens is 1. The van der Waals surface area contributed by atoms with Crippen LogP contribution in [0.2, 0.25) is 5.02 Å². The number of hydrogen-bond donors (Lipinski definition) is 2. The summed E-state index contributed by atoms with van der Waals surface area (Å²) in [6, 6.07) is 16.3. The van der Waals surface area contributed by atoms with Gasteiger partial charge in [-0.2, -0.15) is 0 Å². The fourth-order valence-electron chi connectivity index (χ4n) is 2.30. The summed E-state index contributed by atoms with van der Waals surface area (Å²) in [7, 11) is 0. The minimum atomic E-state index is 0.0741. The van der Waals surface area contributed by atoms with Crippen LogP contribution in [0.5, 0.6) is 0 Å². The van der Waals surface area contributed by atoms with E-state index in [0.717, 1.165) is 16.3 Å². The minimum absolute atomic E-state index is 0.0741. The van der Waals surface area contributed by atoms with E-state index < -0.39 is 0 Å². The van der Waals surface area contributed by atoms with Gasteiger partial charge in [0.15, 0.2) is 5.11 Å². The number of thiocarbonyl (C=S) groups is 1. The van der Waals surface area contributed by atoms with Crippen molar-refractivity contribution < 1.29 is 0 Å². The minimum Gasteiger partial charge on any atom is -0.352 e. The van der Waals surface area contributed by atoms with Gasteiger partial charge in [-0.1, -0.05) is 53.6 Å². The number of nitrogens with one attached hydrogen (secondary N) is 2. The first-order valence-corrected chi connectivity index (χ1v) is 7.52. The Morgan fingerprint density at radius 2 is 1.67 bits per heavy atom. The van der Waals surface area contributed by atoms with Gasteiger partial charge in [-0.25, -0.2) is 0 Å². The van der Waals surface area contributed by atoms with Gasteiger partial charge in [0, 0.05) is 10.7 Å². The van der Waals surface area contributed by atoms with E-state index in [4.69, 9.17) is 23.8 Å². The lowest BCUT2D eigenvalue weighted by atomic mass is 10.0. The molecule has 0 fully saturated rings. The molecule has 1 atom stereocenters. The molecule has 1 unspecified atom stereocenters. The molecule has 0 saturated heterocycles. The van der Waals surface area contributed by atoms with Crippen molar-refractivity contribution in [3.05, 3.63) is 76.3 Å². The van der Waals surface area contributed by atoms with E-state index in [-0.39, 0.29) is 6.04 Å². The SMILES string of the molecule is Cc1ccc(C2C=C(c3ccc(Cl)cc3)NC(=S)N2)cc1. The van der Waals surface area contributed by atoms with E-state index in [0.29, 0.717) is 5.11 Å². The van der Waals surface area contributed by atoms with Crippen LogP contribution in [-0.4, -0.2) is 5.11 Å². The Morgan fingerprint density at radius 1 is 1.00 bits per heavy atom. The Hall–Kier alpha value is -1.84. The van der Waals surface area contributed by atoms with Gasteiger partial charge >= 0.3 is 0 Å². The predicted octanol–water partition coefficient (Wildman–Crippen LogP) is 4.21. The summed E-state index contributed by atoms with van der Waals surface area (Å²) in [5.74, 6) is 0. The van der Waals surface area contributed by atoms with Crippen LogP contribution in [0.1, 0.15) is 22.7 Å². The first-order valence-electron chi connectivity index (χ1n) is 6.74. The molecule has 0 aliphatic carbocycles. The molecule has 1 aliphatic heterocycles. The molecular formula is C17H15ClN2S. The van der Waals surface area contributed by atoms with Crippen LogP contribution >= 0.6 is 23.8 Å². The Bertz CT molecular complexity index is 690. The molecule has 0 bridgehead atoms. The highest BCUT2D eigenvalue weighted by atomic mass is 35.5. The zero-order valence-corrected chi connectivity index (χ0v) is 13.1. The van der Waals surface area contributed by atoms with Crippen molar-refractivity contribution in [2.24, 2.45) is 0 Å². The monoisotopic (exact) mass is 314 g/mol. The van der Waals surface area contributed by atoms with Gasteiger partial charge in [-0.05, 0) is 48.5 Å². The van der Waals surface area contributed by atoms with Crippen molar-refractivity contribution in [1.29, 1.82) is 0 Å². The molecule has 4 heteroatoms. The molecule has 1 heterocycles. The van der Waals surface area contributed by atoms with Gasteiger partial charge < -0.3 is 10.6 Å². The van der Waals surface area contributed by atoms with Crippen molar-refractivity contribution in [2.75, 3.05) is 0 Å². The summed E-state index contributed by atoms with van der Waals surface area (Å²) >= 11 is 11.3. The van der Waals surface area contributed by atoms with E-state index >= 15 is 0 Å². The normalized spacial score (nSPS) is 17.7. The smallest absolute Gasteiger partial charge is 0.171 e. The third-order valence-corrected chi connectivity index (χ3v) is 3.93. The van der Waals surface area contributed by atoms with Crippen LogP contribution in [0.15, 0.2) is 54.6 Å². The summed E-state index contributed by atoms with van der Waals surface area (Å²) < 4.78 is 0. The fourth-order valence-corrected chi connectivity index (χ4v) is 2.66. The maximum absolute atomic E-state index is 5.94. The molecule has 0 saturated carbocycles. The van der Waals surface area contributed by atoms with Gasteiger partial charge in [0.25, 0.3) is 0 Å². The Balaban J connectivity index is 1.95. The Labute approximate surface area is 134 Å². The molecule has 106 valence electrons. The van der Waals surface area contributed by atoms with E-state index in [1.54, 1.807) is 0 Å². The summed E-state index contributed by atoms with van der Waals surface area (Å²) in [6.45, 7) is 2.08. The topological polar surface area (TPSA) is 24.1 Å². The molecule has 2 N–H and O–H groups in total. The van der Waals surface area contributed by atoms with Crippen LogP contribution in [0.3, 0.4) is 0 Å². The molecule has 3 rings (SSSR count). The molecule has 0 aromatic heterocycles. The van der Waals surface area contributed by atoms with Crippen molar-refractivity contribution >= 4 is 34.6 Å². The highest BCUT2D eigenvalue weighted by Gasteiger charge is 2.18. The third kappa shape index (κ3) is 3.26. The summed E-state index contributed by atoms with van der Waals surface area (Å²) in [6.07, 6.45) is 2.14. The van der Waals surface area contributed by atoms with E-state index in [1.807, 2.05) is 24.3 Å². The van der Waals surface area contributed by atoms with Crippen LogP contribution < -0.4 is 10.6 Å². The van der Waals surface area contributed by atoms with Gasteiger partial charge in [0.2, 0.25) is 0 Å². The predicted molar refractivity (Wildman–Crippen MR) is 92.2 cm³/mol. The van der Waals surface area contributed by atoms with Crippen molar-refractivity contribution in [3.8, 4) is 0 Å². The second-order valence-electron chi connectivity index (χ2n) is 5.07. The number of hydrogen-bond acceptors (Lipinski definition) is 1. The Morgan fingerprint density at radius 3 is 2.33 bits per heavy atom. The zero-order chi connectivity index (χ0) is 14.8. The number of aryl methyl sites for hydroxylation is 1. The largest absolute Gasteiger partial charge is 0.352 e. The van der Waals surface area contributed by atoms with Gasteiger partial charge in [-0.3, -0.25) is 0 Å². The second kappa shape index (κ2) is 5.88. The molecule has 0 amide bonds. The lowest BCUT2D eigenvalue weighted by Crippen LogP contribution is -2.40. The van der Waals surface area contributed by atoms with Gasteiger partial charge in [-0.15, -0.1) is 0 Å². The summed E-state index contributed by atoms with van der Waals surface area (Å²) in [5, 5.41) is 7.84. The highest BCUT2D eigenvalue weighted by molar-refractivity contribution is 7.80. The molecule has 21 heavy (non-hydrogen) atoms. The summed E-state index contributed by atoms with van der Waals surface area (Å²) in [5.41, 5.74) is 4.51. The van der Waals surface area contributed by atoms with Crippen LogP contribution in [0.25, 0.3) is 5.70 Å². The van der Waals surface area contributed by atoms with Crippen molar-refractivity contribution in [2.45, 2.75) is 13.0 Å². The van der Waals surface area contributed by atoms with E-state index in [2.05, 4.69) is 47.9 Å². The second-order valence-corrected chi connectivity index (χ2v) is 5.92. The first kappa shape index (κ1) is 14.1. The number of rotatable bonds is 2. The molecule has 2 aromatic rings. The third-order valence-electron chi connectivity index (χ3n) is 3.46. The van der Waals surface area contributed by atoms with Crippen LogP contribution in [0, 0.1) is 6.92 Å². The van der Waals surface area contributed by atoms with Gasteiger partial charge in [0.1, 0.15) is 0 Å². The quantitative estimate of drug-likeness (QED) is 0.812. The lowest BCUT2D eigenvalue weighted by molar-refractivity contribution is 0.765. The fraction of sp³-hybridized carbons (Fsp3) is 0.118. The molecule has 1 aliphatic rings.